The normalized spacial score (nSPS) is 10.7. The highest BCUT2D eigenvalue weighted by molar-refractivity contribution is 9.10. The van der Waals surface area contributed by atoms with Gasteiger partial charge in [-0.2, -0.15) is 0 Å². The second-order valence-corrected chi connectivity index (χ2v) is 7.91. The second-order valence-electron chi connectivity index (χ2n) is 6.14. The molecular formula is C23H19Br2NO3. The van der Waals surface area contributed by atoms with Crippen LogP contribution in [0.1, 0.15) is 11.1 Å². The van der Waals surface area contributed by atoms with Crippen molar-refractivity contribution >= 4 is 49.5 Å². The summed E-state index contributed by atoms with van der Waals surface area (Å²) in [6.07, 6.45) is 3.20. The van der Waals surface area contributed by atoms with Crippen LogP contribution in [0.5, 0.6) is 11.5 Å². The molecule has 0 saturated heterocycles. The van der Waals surface area contributed by atoms with Crippen LogP contribution in [0.25, 0.3) is 6.08 Å². The van der Waals surface area contributed by atoms with Crippen molar-refractivity contribution in [3.05, 3.63) is 92.9 Å². The van der Waals surface area contributed by atoms with Gasteiger partial charge in [-0.3, -0.25) is 4.79 Å². The standard InChI is InChI=1S/C23H19Br2NO3/c1-28-21-14-17(7-12-22(27)26-19-10-8-18(24)9-11-19)13-20(25)23(21)29-15-16-5-3-2-4-6-16/h2-14H,15H2,1H3,(H,26,27)/b12-7+. The molecule has 0 aliphatic heterocycles. The number of anilines is 1. The molecule has 148 valence electrons. The van der Waals surface area contributed by atoms with Crippen LogP contribution in [0, 0.1) is 0 Å². The molecule has 0 aromatic heterocycles. The molecular weight excluding hydrogens is 498 g/mol. The van der Waals surface area contributed by atoms with E-state index >= 15 is 0 Å². The van der Waals surface area contributed by atoms with Gasteiger partial charge in [-0.25, -0.2) is 0 Å². The lowest BCUT2D eigenvalue weighted by Gasteiger charge is -2.13. The van der Waals surface area contributed by atoms with Crippen LogP contribution in [-0.4, -0.2) is 13.0 Å². The Hall–Kier alpha value is -2.57. The van der Waals surface area contributed by atoms with Gasteiger partial charge in [0.25, 0.3) is 0 Å². The fraction of sp³-hybridized carbons (Fsp3) is 0.0870. The zero-order chi connectivity index (χ0) is 20.6. The Balaban J connectivity index is 1.69. The second kappa shape index (κ2) is 10.3. The van der Waals surface area contributed by atoms with Gasteiger partial charge in [0.1, 0.15) is 6.61 Å². The Morgan fingerprint density at radius 1 is 1.03 bits per heavy atom. The van der Waals surface area contributed by atoms with Crippen LogP contribution in [-0.2, 0) is 11.4 Å². The number of nitrogens with one attached hydrogen (secondary N) is 1. The van der Waals surface area contributed by atoms with Crippen LogP contribution in [0.15, 0.2) is 81.8 Å². The number of halogens is 2. The summed E-state index contributed by atoms with van der Waals surface area (Å²) in [5.74, 6) is 0.989. The van der Waals surface area contributed by atoms with Crippen LogP contribution in [0.2, 0.25) is 0 Å². The molecule has 0 fully saturated rings. The van der Waals surface area contributed by atoms with E-state index in [4.69, 9.17) is 9.47 Å². The maximum atomic E-state index is 12.2. The molecule has 0 atom stereocenters. The van der Waals surface area contributed by atoms with Crippen LogP contribution in [0.4, 0.5) is 5.69 Å². The number of carbonyl (C=O) groups is 1. The molecule has 0 unspecified atom stereocenters. The van der Waals surface area contributed by atoms with Gasteiger partial charge in [-0.1, -0.05) is 46.3 Å². The van der Waals surface area contributed by atoms with E-state index in [1.165, 1.54) is 6.08 Å². The Morgan fingerprint density at radius 3 is 2.45 bits per heavy atom. The van der Waals surface area contributed by atoms with Crippen molar-refractivity contribution in [3.63, 3.8) is 0 Å². The lowest BCUT2D eigenvalue weighted by molar-refractivity contribution is -0.111. The molecule has 29 heavy (non-hydrogen) atoms. The highest BCUT2D eigenvalue weighted by atomic mass is 79.9. The number of hydrogen-bond donors (Lipinski definition) is 1. The summed E-state index contributed by atoms with van der Waals surface area (Å²) in [7, 11) is 1.59. The Labute approximate surface area is 186 Å². The Bertz CT molecular complexity index is 1000. The maximum absolute atomic E-state index is 12.2. The zero-order valence-electron chi connectivity index (χ0n) is 15.7. The van der Waals surface area contributed by atoms with Crippen LogP contribution in [0.3, 0.4) is 0 Å². The summed E-state index contributed by atoms with van der Waals surface area (Å²) in [4.78, 5) is 12.2. The van der Waals surface area contributed by atoms with Crippen molar-refractivity contribution in [2.24, 2.45) is 0 Å². The van der Waals surface area contributed by atoms with E-state index in [9.17, 15) is 4.79 Å². The quantitative estimate of drug-likeness (QED) is 0.367. The van der Waals surface area contributed by atoms with Gasteiger partial charge in [0, 0.05) is 16.2 Å². The first-order chi connectivity index (χ1) is 14.0. The number of methoxy groups -OCH3 is 1. The fourth-order valence-corrected chi connectivity index (χ4v) is 3.43. The third-order valence-corrected chi connectivity index (χ3v) is 5.13. The van der Waals surface area contributed by atoms with Crippen molar-refractivity contribution in [1.29, 1.82) is 0 Å². The van der Waals surface area contributed by atoms with E-state index in [1.54, 1.807) is 13.2 Å². The summed E-state index contributed by atoms with van der Waals surface area (Å²) in [5.41, 5.74) is 2.60. The number of hydrogen-bond acceptors (Lipinski definition) is 3. The molecule has 0 radical (unpaired) electrons. The van der Waals surface area contributed by atoms with Gasteiger partial charge < -0.3 is 14.8 Å². The predicted octanol–water partition coefficient (Wildman–Crippen LogP) is 6.45. The van der Waals surface area contributed by atoms with Crippen molar-refractivity contribution in [2.45, 2.75) is 6.61 Å². The highest BCUT2D eigenvalue weighted by Crippen LogP contribution is 2.37. The topological polar surface area (TPSA) is 47.6 Å². The Morgan fingerprint density at radius 2 is 1.76 bits per heavy atom. The average Bonchev–Trinajstić information content (AvgIpc) is 2.73. The van der Waals surface area contributed by atoms with Gasteiger partial charge in [-0.15, -0.1) is 0 Å². The first-order valence-electron chi connectivity index (χ1n) is 8.84. The smallest absolute Gasteiger partial charge is 0.248 e. The van der Waals surface area contributed by atoms with Crippen molar-refractivity contribution in [2.75, 3.05) is 12.4 Å². The number of benzene rings is 3. The predicted molar refractivity (Wildman–Crippen MR) is 123 cm³/mol. The van der Waals surface area contributed by atoms with Gasteiger partial charge in [0.2, 0.25) is 5.91 Å². The van der Waals surface area contributed by atoms with E-state index in [1.807, 2.05) is 66.7 Å². The van der Waals surface area contributed by atoms with Crippen LogP contribution < -0.4 is 14.8 Å². The number of carbonyl (C=O) groups excluding carboxylic acids is 1. The summed E-state index contributed by atoms with van der Waals surface area (Å²) in [6.45, 7) is 0.431. The minimum absolute atomic E-state index is 0.216. The van der Waals surface area contributed by atoms with Gasteiger partial charge in [0.05, 0.1) is 11.6 Å². The molecule has 0 aliphatic carbocycles. The van der Waals surface area contributed by atoms with E-state index in [0.29, 0.717) is 18.1 Å². The first kappa shape index (κ1) is 21.1. The largest absolute Gasteiger partial charge is 0.493 e. The average molecular weight is 517 g/mol. The molecule has 3 aromatic rings. The third kappa shape index (κ3) is 6.21. The van der Waals surface area contributed by atoms with E-state index in [2.05, 4.69) is 37.2 Å². The monoisotopic (exact) mass is 515 g/mol. The molecule has 0 bridgehead atoms. The molecule has 3 rings (SSSR count). The molecule has 0 spiro atoms. The SMILES string of the molecule is COc1cc(/C=C/C(=O)Nc2ccc(Br)cc2)cc(Br)c1OCc1ccccc1. The molecule has 1 N–H and O–H groups in total. The van der Waals surface area contributed by atoms with E-state index < -0.39 is 0 Å². The fourth-order valence-electron chi connectivity index (χ4n) is 2.59. The minimum atomic E-state index is -0.216. The summed E-state index contributed by atoms with van der Waals surface area (Å²) >= 11 is 6.91. The van der Waals surface area contributed by atoms with Crippen molar-refractivity contribution < 1.29 is 14.3 Å². The Kier molecular flexibility index (Phi) is 7.49. The van der Waals surface area contributed by atoms with Gasteiger partial charge >= 0.3 is 0 Å². The number of rotatable bonds is 7. The third-order valence-electron chi connectivity index (χ3n) is 4.02. The zero-order valence-corrected chi connectivity index (χ0v) is 18.9. The van der Waals surface area contributed by atoms with Gasteiger partial charge in [0.15, 0.2) is 11.5 Å². The summed E-state index contributed by atoms with van der Waals surface area (Å²) in [6, 6.07) is 21.0. The molecule has 0 aliphatic rings. The van der Waals surface area contributed by atoms with Crippen LogP contribution >= 0.6 is 31.9 Å². The number of ether oxygens (including phenoxy) is 2. The number of amides is 1. The first-order valence-corrected chi connectivity index (χ1v) is 10.4. The highest BCUT2D eigenvalue weighted by Gasteiger charge is 2.11. The van der Waals surface area contributed by atoms with Gasteiger partial charge in [-0.05, 0) is 69.5 Å². The lowest BCUT2D eigenvalue weighted by Crippen LogP contribution is -2.07. The van der Waals surface area contributed by atoms with Crippen molar-refractivity contribution in [1.82, 2.24) is 0 Å². The summed E-state index contributed by atoms with van der Waals surface area (Å²) < 4.78 is 13.1. The molecule has 0 saturated carbocycles. The molecule has 4 nitrogen and oxygen atoms in total. The molecule has 6 heteroatoms. The minimum Gasteiger partial charge on any atom is -0.493 e. The van der Waals surface area contributed by atoms with E-state index in [0.717, 1.165) is 25.8 Å². The summed E-state index contributed by atoms with van der Waals surface area (Å²) in [5, 5.41) is 2.82. The molecule has 1 amide bonds. The lowest BCUT2D eigenvalue weighted by atomic mass is 10.2. The molecule has 0 heterocycles. The maximum Gasteiger partial charge on any atom is 0.248 e. The van der Waals surface area contributed by atoms with E-state index in [-0.39, 0.29) is 5.91 Å². The van der Waals surface area contributed by atoms with Crippen molar-refractivity contribution in [3.8, 4) is 11.5 Å². The molecule has 3 aromatic carbocycles.